The second kappa shape index (κ2) is 10.8. The Bertz CT molecular complexity index is 1250. The molecule has 3 rings (SSSR count). The molecule has 0 saturated carbocycles. The molecule has 2 aromatic carbocycles. The zero-order valence-corrected chi connectivity index (χ0v) is 22.4. The van der Waals surface area contributed by atoms with E-state index in [-0.39, 0.29) is 48.2 Å². The van der Waals surface area contributed by atoms with Gasteiger partial charge in [-0.2, -0.15) is 0 Å². The van der Waals surface area contributed by atoms with Crippen LogP contribution in [0.15, 0.2) is 53.4 Å². The maximum atomic E-state index is 13.5. The van der Waals surface area contributed by atoms with Crippen molar-refractivity contribution in [2.75, 3.05) is 6.54 Å². The first kappa shape index (κ1) is 27.4. The van der Waals surface area contributed by atoms with Crippen LogP contribution in [-0.4, -0.2) is 53.5 Å². The summed E-state index contributed by atoms with van der Waals surface area (Å²) in [4.78, 5) is 40.8. The van der Waals surface area contributed by atoms with E-state index in [1.807, 2.05) is 58.9 Å². The molecule has 0 aliphatic carbocycles. The molecular formula is C27H35N3O5S. The first-order valence-corrected chi connectivity index (χ1v) is 13.6. The van der Waals surface area contributed by atoms with Crippen LogP contribution < -0.4 is 5.32 Å². The lowest BCUT2D eigenvalue weighted by Crippen LogP contribution is -2.53. The lowest BCUT2D eigenvalue weighted by Gasteiger charge is -2.33. The van der Waals surface area contributed by atoms with Gasteiger partial charge in [0.15, 0.2) is 0 Å². The molecule has 9 heteroatoms. The van der Waals surface area contributed by atoms with Crippen LogP contribution in [-0.2, 0) is 26.2 Å². The molecule has 1 aliphatic heterocycles. The SMILES string of the molecule is CC[C@@H](C(=O)NC(C)(C)C)N(Cc1ccccc1C)C(=O)CCCN1C(=O)c2ccccc2S1(=O)=O. The quantitative estimate of drug-likeness (QED) is 0.551. The number of nitrogens with one attached hydrogen (secondary N) is 1. The van der Waals surface area contributed by atoms with Crippen LogP contribution in [0.1, 0.15) is 68.4 Å². The van der Waals surface area contributed by atoms with Crippen LogP contribution in [0.5, 0.6) is 0 Å². The Morgan fingerprint density at radius 3 is 2.31 bits per heavy atom. The second-order valence-electron chi connectivity index (χ2n) is 10.1. The van der Waals surface area contributed by atoms with Gasteiger partial charge in [-0.15, -0.1) is 0 Å². The summed E-state index contributed by atoms with van der Waals surface area (Å²) in [7, 11) is -3.93. The summed E-state index contributed by atoms with van der Waals surface area (Å²) in [5.41, 5.74) is 1.63. The third kappa shape index (κ3) is 5.95. The molecule has 36 heavy (non-hydrogen) atoms. The summed E-state index contributed by atoms with van der Waals surface area (Å²) in [6.45, 7) is 9.62. The minimum Gasteiger partial charge on any atom is -0.350 e. The highest BCUT2D eigenvalue weighted by molar-refractivity contribution is 7.90. The Morgan fingerprint density at radius 1 is 1.06 bits per heavy atom. The van der Waals surface area contributed by atoms with Gasteiger partial charge in [0, 0.05) is 25.0 Å². The first-order chi connectivity index (χ1) is 16.9. The molecule has 0 aromatic heterocycles. The van der Waals surface area contributed by atoms with Crippen molar-refractivity contribution in [1.82, 2.24) is 14.5 Å². The van der Waals surface area contributed by atoms with E-state index >= 15 is 0 Å². The van der Waals surface area contributed by atoms with Gasteiger partial charge in [0.2, 0.25) is 11.8 Å². The molecule has 0 saturated heterocycles. The fourth-order valence-electron chi connectivity index (χ4n) is 4.31. The van der Waals surface area contributed by atoms with Crippen LogP contribution in [0.3, 0.4) is 0 Å². The zero-order chi connectivity index (χ0) is 26.7. The molecule has 2 aromatic rings. The number of benzene rings is 2. The Morgan fingerprint density at radius 2 is 1.69 bits per heavy atom. The summed E-state index contributed by atoms with van der Waals surface area (Å²) < 4.78 is 26.5. The highest BCUT2D eigenvalue weighted by atomic mass is 32.2. The lowest BCUT2D eigenvalue weighted by atomic mass is 10.0. The second-order valence-corrected chi connectivity index (χ2v) is 11.9. The summed E-state index contributed by atoms with van der Waals surface area (Å²) in [5, 5.41) is 2.97. The van der Waals surface area contributed by atoms with Crippen LogP contribution in [0.2, 0.25) is 0 Å². The number of carbonyl (C=O) groups excluding carboxylic acids is 3. The molecule has 0 unspecified atom stereocenters. The smallest absolute Gasteiger partial charge is 0.269 e. The minimum atomic E-state index is -3.93. The molecule has 1 atom stereocenters. The molecular weight excluding hydrogens is 478 g/mol. The number of carbonyl (C=O) groups is 3. The van der Waals surface area contributed by atoms with Crippen LogP contribution in [0.4, 0.5) is 0 Å². The van der Waals surface area contributed by atoms with Crippen LogP contribution in [0, 0.1) is 6.92 Å². The van der Waals surface area contributed by atoms with Gasteiger partial charge in [-0.25, -0.2) is 12.7 Å². The largest absolute Gasteiger partial charge is 0.350 e. The van der Waals surface area contributed by atoms with Gasteiger partial charge in [0.25, 0.3) is 15.9 Å². The van der Waals surface area contributed by atoms with Crippen molar-refractivity contribution in [1.29, 1.82) is 0 Å². The molecule has 1 aliphatic rings. The zero-order valence-electron chi connectivity index (χ0n) is 21.6. The van der Waals surface area contributed by atoms with E-state index in [1.165, 1.54) is 12.1 Å². The van der Waals surface area contributed by atoms with E-state index in [1.54, 1.807) is 17.0 Å². The Balaban J connectivity index is 1.77. The number of aryl methyl sites for hydroxylation is 1. The standard InChI is InChI=1S/C27H35N3O5S/c1-6-22(25(32)28-27(3,4)5)29(18-20-13-8-7-12-19(20)2)24(31)16-11-17-30-26(33)21-14-9-10-15-23(21)36(30,34)35/h7-10,12-15,22H,6,11,16-18H2,1-5H3,(H,28,32)/t22-/m0/s1. The number of hydrogen-bond acceptors (Lipinski definition) is 5. The average Bonchev–Trinajstić information content (AvgIpc) is 2.99. The van der Waals surface area contributed by atoms with Crippen molar-refractivity contribution in [3.05, 3.63) is 65.2 Å². The predicted octanol–water partition coefficient (Wildman–Crippen LogP) is 3.64. The molecule has 1 heterocycles. The van der Waals surface area contributed by atoms with Gasteiger partial charge in [-0.3, -0.25) is 14.4 Å². The maximum absolute atomic E-state index is 13.5. The number of amides is 3. The Kier molecular flexibility index (Phi) is 8.23. The highest BCUT2D eigenvalue weighted by Gasteiger charge is 2.40. The minimum absolute atomic E-state index is 0.000818. The lowest BCUT2D eigenvalue weighted by molar-refractivity contribution is -0.142. The summed E-state index contributed by atoms with van der Waals surface area (Å²) in [6, 6.07) is 13.1. The van der Waals surface area contributed by atoms with E-state index in [2.05, 4.69) is 5.32 Å². The molecule has 0 fully saturated rings. The third-order valence-corrected chi connectivity index (χ3v) is 7.99. The van der Waals surface area contributed by atoms with E-state index in [4.69, 9.17) is 0 Å². The fourth-order valence-corrected chi connectivity index (χ4v) is 5.92. The molecule has 3 amide bonds. The van der Waals surface area contributed by atoms with Crippen molar-refractivity contribution in [3.8, 4) is 0 Å². The number of hydrogen-bond donors (Lipinski definition) is 1. The monoisotopic (exact) mass is 513 g/mol. The van der Waals surface area contributed by atoms with E-state index in [0.29, 0.717) is 6.42 Å². The normalized spacial score (nSPS) is 15.4. The number of rotatable bonds is 9. The molecule has 1 N–H and O–H groups in total. The van der Waals surface area contributed by atoms with E-state index in [9.17, 15) is 22.8 Å². The van der Waals surface area contributed by atoms with Crippen LogP contribution in [0.25, 0.3) is 0 Å². The van der Waals surface area contributed by atoms with E-state index < -0.39 is 27.5 Å². The third-order valence-electron chi connectivity index (χ3n) is 6.15. The molecule has 8 nitrogen and oxygen atoms in total. The maximum Gasteiger partial charge on any atom is 0.269 e. The average molecular weight is 514 g/mol. The molecule has 0 radical (unpaired) electrons. The van der Waals surface area contributed by atoms with Crippen molar-refractivity contribution >= 4 is 27.7 Å². The van der Waals surface area contributed by atoms with Crippen molar-refractivity contribution in [3.63, 3.8) is 0 Å². The molecule has 0 spiro atoms. The topological polar surface area (TPSA) is 104 Å². The number of sulfonamides is 1. The number of nitrogens with zero attached hydrogens (tertiary/aromatic N) is 2. The van der Waals surface area contributed by atoms with Gasteiger partial charge in [0.1, 0.15) is 10.9 Å². The summed E-state index contributed by atoms with van der Waals surface area (Å²) in [6.07, 6.45) is 0.577. The highest BCUT2D eigenvalue weighted by Crippen LogP contribution is 2.30. The van der Waals surface area contributed by atoms with E-state index in [0.717, 1.165) is 15.4 Å². The molecule has 194 valence electrons. The van der Waals surface area contributed by atoms with Gasteiger partial charge in [0.05, 0.1) is 5.56 Å². The molecule has 0 bridgehead atoms. The van der Waals surface area contributed by atoms with Gasteiger partial charge >= 0.3 is 0 Å². The van der Waals surface area contributed by atoms with Gasteiger partial charge in [-0.1, -0.05) is 43.3 Å². The van der Waals surface area contributed by atoms with Crippen molar-refractivity contribution in [2.45, 2.75) is 76.9 Å². The summed E-state index contributed by atoms with van der Waals surface area (Å²) in [5.74, 6) is -1.08. The van der Waals surface area contributed by atoms with Gasteiger partial charge in [-0.05, 0) is 63.8 Å². The van der Waals surface area contributed by atoms with Crippen molar-refractivity contribution in [2.24, 2.45) is 0 Å². The van der Waals surface area contributed by atoms with Crippen LogP contribution >= 0.6 is 0 Å². The Labute approximate surface area is 213 Å². The summed E-state index contributed by atoms with van der Waals surface area (Å²) >= 11 is 0. The van der Waals surface area contributed by atoms with Crippen molar-refractivity contribution < 1.29 is 22.8 Å². The van der Waals surface area contributed by atoms with Gasteiger partial charge < -0.3 is 10.2 Å². The first-order valence-electron chi connectivity index (χ1n) is 12.2. The fraction of sp³-hybridized carbons (Fsp3) is 0.444. The predicted molar refractivity (Wildman–Crippen MR) is 138 cm³/mol. The number of fused-ring (bicyclic) bond motifs is 1. The Hall–Kier alpha value is -3.20.